The highest BCUT2D eigenvalue weighted by molar-refractivity contribution is 6.08. The first-order chi connectivity index (χ1) is 6.45. The largest absolute Gasteiger partial charge is 0.389 e. The summed E-state index contributed by atoms with van der Waals surface area (Å²) in [6.07, 6.45) is 0.745. The zero-order valence-corrected chi connectivity index (χ0v) is 12.0. The summed E-state index contributed by atoms with van der Waals surface area (Å²) in [5.41, 5.74) is 0.0655. The van der Waals surface area contributed by atoms with E-state index in [2.05, 4.69) is 26.1 Å². The molecule has 0 rings (SSSR count). The van der Waals surface area contributed by atoms with Gasteiger partial charge in [-0.3, -0.25) is 0 Å². The van der Waals surface area contributed by atoms with Crippen LogP contribution in [0, 0.1) is 0 Å². The van der Waals surface area contributed by atoms with Gasteiger partial charge in [-0.2, -0.15) is 0 Å². The molecule has 0 fully saturated rings. The predicted octanol–water partition coefficient (Wildman–Crippen LogP) is -0.0742. The Morgan fingerprint density at radius 1 is 1.43 bits per heavy atom. The highest BCUT2D eigenvalue weighted by Gasteiger charge is 2.11. The Labute approximate surface area is 90.7 Å². The second kappa shape index (κ2) is 7.40. The molecule has 0 aromatic heterocycles. The molecule has 0 saturated heterocycles. The number of hydrogen-bond donors (Lipinski definition) is 2. The molecule has 3 nitrogen and oxygen atoms in total. The summed E-state index contributed by atoms with van der Waals surface area (Å²) in [6.45, 7) is 8.10. The molecule has 1 atom stereocenters. The van der Waals surface area contributed by atoms with Crippen LogP contribution in [0.4, 0.5) is 0 Å². The fourth-order valence-corrected chi connectivity index (χ4v) is 1.24. The number of ether oxygens (including phenoxy) is 1. The number of aliphatic hydroxyl groups is 1. The Kier molecular flexibility index (Phi) is 7.45. The van der Waals surface area contributed by atoms with Crippen molar-refractivity contribution in [2.24, 2.45) is 0 Å². The van der Waals surface area contributed by atoms with Gasteiger partial charge in [0.2, 0.25) is 0 Å². The first-order valence-corrected chi connectivity index (χ1v) is 6.88. The van der Waals surface area contributed by atoms with Gasteiger partial charge in [0.25, 0.3) is 0 Å². The number of rotatable bonds is 7. The third-order valence-electron chi connectivity index (χ3n) is 1.82. The Balaban J connectivity index is 3.32. The lowest BCUT2D eigenvalue weighted by Gasteiger charge is -2.22. The molecule has 0 aromatic rings. The van der Waals surface area contributed by atoms with Gasteiger partial charge in [-0.25, -0.2) is 0 Å². The molecule has 4 heteroatoms. The Hall–Kier alpha value is 0.0969. The smallest absolute Gasteiger partial charge is 0.0897 e. The molecule has 0 aliphatic heterocycles. The fraction of sp³-hybridized carbons (Fsp3) is 1.00. The molecule has 0 radical (unpaired) electrons. The van der Waals surface area contributed by atoms with E-state index in [0.29, 0.717) is 13.2 Å². The van der Waals surface area contributed by atoms with Crippen LogP contribution in [0.15, 0.2) is 0 Å². The van der Waals surface area contributed by atoms with Gasteiger partial charge in [0.05, 0.1) is 12.7 Å². The van der Waals surface area contributed by atoms with Gasteiger partial charge in [-0.15, -0.1) is 0 Å². The van der Waals surface area contributed by atoms with Gasteiger partial charge in [0, 0.05) is 28.9 Å². The van der Waals surface area contributed by atoms with Crippen molar-refractivity contribution in [3.63, 3.8) is 0 Å². The number of aliphatic hydroxyl groups excluding tert-OH is 1. The van der Waals surface area contributed by atoms with Crippen molar-refractivity contribution < 1.29 is 9.84 Å². The number of hydrogen-bond acceptors (Lipinski definition) is 3. The summed E-state index contributed by atoms with van der Waals surface area (Å²) in [6, 6.07) is 1.27. The Morgan fingerprint density at radius 2 is 2.07 bits per heavy atom. The second-order valence-electron chi connectivity index (χ2n) is 4.71. The van der Waals surface area contributed by atoms with Gasteiger partial charge in [-0.05, 0) is 27.2 Å². The Morgan fingerprint density at radius 3 is 2.57 bits per heavy atom. The molecule has 1 unspecified atom stereocenters. The van der Waals surface area contributed by atoms with Crippen LogP contribution in [0.5, 0.6) is 0 Å². The molecule has 2 N–H and O–H groups in total. The van der Waals surface area contributed by atoms with E-state index in [0.717, 1.165) is 13.0 Å². The first-order valence-electron chi connectivity index (χ1n) is 5.46. The summed E-state index contributed by atoms with van der Waals surface area (Å²) in [4.78, 5) is 0. The molecule has 0 heterocycles. The van der Waals surface area contributed by atoms with Crippen LogP contribution >= 0.6 is 0 Å². The minimum Gasteiger partial charge on any atom is -0.389 e. The van der Waals surface area contributed by atoms with Crippen LogP contribution in [-0.4, -0.2) is 46.8 Å². The summed E-state index contributed by atoms with van der Waals surface area (Å²) in [5, 5.41) is 12.8. The highest BCUT2D eigenvalue weighted by atomic mass is 28.1. The normalized spacial score (nSPS) is 14.6. The average Bonchev–Trinajstić information content (AvgIpc) is 2.08. The van der Waals surface area contributed by atoms with E-state index in [1.54, 1.807) is 0 Å². The molecular formula is C10H25NO2Si. The van der Waals surface area contributed by atoms with E-state index in [-0.39, 0.29) is 11.6 Å². The SMILES string of the molecule is CC(C)(C)NCC(O)COCCC[SiH3]. The maximum Gasteiger partial charge on any atom is 0.0897 e. The molecule has 0 aromatic carbocycles. The van der Waals surface area contributed by atoms with E-state index in [9.17, 15) is 5.11 Å². The van der Waals surface area contributed by atoms with Crippen LogP contribution in [-0.2, 0) is 4.74 Å². The Bertz CT molecular complexity index is 137. The molecule has 0 saturated carbocycles. The average molecular weight is 219 g/mol. The van der Waals surface area contributed by atoms with Crippen molar-refractivity contribution in [1.82, 2.24) is 5.32 Å². The fourth-order valence-electron chi connectivity index (χ4n) is 0.949. The molecular weight excluding hydrogens is 194 g/mol. The van der Waals surface area contributed by atoms with Gasteiger partial charge < -0.3 is 15.2 Å². The van der Waals surface area contributed by atoms with Crippen LogP contribution < -0.4 is 5.32 Å². The van der Waals surface area contributed by atoms with Gasteiger partial charge in [-0.1, -0.05) is 6.04 Å². The summed E-state index contributed by atoms with van der Waals surface area (Å²) >= 11 is 0. The summed E-state index contributed by atoms with van der Waals surface area (Å²) < 4.78 is 5.33. The van der Waals surface area contributed by atoms with E-state index >= 15 is 0 Å². The van der Waals surface area contributed by atoms with Crippen LogP contribution in [0.3, 0.4) is 0 Å². The van der Waals surface area contributed by atoms with Crippen molar-refractivity contribution in [3.8, 4) is 0 Å². The zero-order chi connectivity index (χ0) is 11.0. The zero-order valence-electron chi connectivity index (χ0n) is 9.97. The van der Waals surface area contributed by atoms with Crippen LogP contribution in [0.25, 0.3) is 0 Å². The van der Waals surface area contributed by atoms with Crippen molar-refractivity contribution >= 4 is 10.2 Å². The molecule has 0 bridgehead atoms. The van der Waals surface area contributed by atoms with Gasteiger partial charge >= 0.3 is 0 Å². The van der Waals surface area contributed by atoms with Crippen molar-refractivity contribution in [1.29, 1.82) is 0 Å². The summed E-state index contributed by atoms with van der Waals surface area (Å²) in [5.74, 6) is 0. The number of nitrogens with one attached hydrogen (secondary N) is 1. The molecule has 0 amide bonds. The third kappa shape index (κ3) is 10.2. The first kappa shape index (κ1) is 14.1. The topological polar surface area (TPSA) is 41.5 Å². The summed E-state index contributed by atoms with van der Waals surface area (Å²) in [7, 11) is 1.24. The van der Waals surface area contributed by atoms with E-state index in [1.165, 1.54) is 16.3 Å². The third-order valence-corrected chi connectivity index (χ3v) is 2.53. The molecule has 0 spiro atoms. The lowest BCUT2D eigenvalue weighted by atomic mass is 10.1. The molecule has 86 valence electrons. The lowest BCUT2D eigenvalue weighted by Crippen LogP contribution is -2.42. The standard InChI is InChI=1S/C10H25NO2Si/c1-10(2,3)11-7-9(12)8-13-5-4-6-14/h9,11-12H,4-8H2,1-3,14H3. The lowest BCUT2D eigenvalue weighted by molar-refractivity contribution is 0.0344. The number of β-amino-alcohol motifs (C(OH)–C–C–N with tert-alkyl or cyclic N) is 1. The quantitative estimate of drug-likeness (QED) is 0.465. The van der Waals surface area contributed by atoms with E-state index in [1.807, 2.05) is 0 Å². The second-order valence-corrected chi connectivity index (χ2v) is 5.71. The monoisotopic (exact) mass is 219 g/mol. The van der Waals surface area contributed by atoms with Crippen LogP contribution in [0.2, 0.25) is 6.04 Å². The predicted molar refractivity (Wildman–Crippen MR) is 63.9 cm³/mol. The van der Waals surface area contributed by atoms with E-state index < -0.39 is 0 Å². The van der Waals surface area contributed by atoms with Crippen molar-refractivity contribution in [3.05, 3.63) is 0 Å². The van der Waals surface area contributed by atoms with Gasteiger partial charge in [0.15, 0.2) is 0 Å². The van der Waals surface area contributed by atoms with Crippen molar-refractivity contribution in [2.75, 3.05) is 19.8 Å². The molecule has 0 aliphatic rings. The minimum atomic E-state index is -0.386. The molecule has 14 heavy (non-hydrogen) atoms. The van der Waals surface area contributed by atoms with Crippen molar-refractivity contribution in [2.45, 2.75) is 44.9 Å². The minimum absolute atomic E-state index is 0.0655. The molecule has 0 aliphatic carbocycles. The van der Waals surface area contributed by atoms with E-state index in [4.69, 9.17) is 4.74 Å². The maximum atomic E-state index is 9.53. The van der Waals surface area contributed by atoms with Gasteiger partial charge in [0.1, 0.15) is 0 Å². The highest BCUT2D eigenvalue weighted by Crippen LogP contribution is 1.98. The maximum absolute atomic E-state index is 9.53. The van der Waals surface area contributed by atoms with Crippen LogP contribution in [0.1, 0.15) is 27.2 Å².